The van der Waals surface area contributed by atoms with E-state index in [-0.39, 0.29) is 5.82 Å². The van der Waals surface area contributed by atoms with Crippen LogP contribution in [0.25, 0.3) is 0 Å². The van der Waals surface area contributed by atoms with Crippen molar-refractivity contribution in [2.75, 3.05) is 11.9 Å². The quantitative estimate of drug-likeness (QED) is 0.920. The Morgan fingerprint density at radius 3 is 2.79 bits per heavy atom. The lowest BCUT2D eigenvalue weighted by Crippen LogP contribution is -2.21. The maximum Gasteiger partial charge on any atom is 0.131 e. The standard InChI is InChI=1S/C14H18FN3O/c1-10(19)14-11(15)5-4-6-12(14)18(3)9-13-16-7-8-17(13)2/h4-8,10,19H,9H2,1-3H3. The molecule has 1 atom stereocenters. The van der Waals surface area contributed by atoms with Crippen LogP contribution in [0.15, 0.2) is 30.6 Å². The molecule has 0 bridgehead atoms. The highest BCUT2D eigenvalue weighted by Gasteiger charge is 2.17. The van der Waals surface area contributed by atoms with Crippen LogP contribution in [0.5, 0.6) is 0 Å². The molecule has 0 saturated heterocycles. The number of aromatic nitrogens is 2. The molecule has 0 spiro atoms. The van der Waals surface area contributed by atoms with Gasteiger partial charge >= 0.3 is 0 Å². The second-order valence-corrected chi connectivity index (χ2v) is 4.66. The number of aliphatic hydroxyl groups excluding tert-OH is 1. The van der Waals surface area contributed by atoms with Gasteiger partial charge in [0.25, 0.3) is 0 Å². The molecule has 0 aliphatic rings. The Balaban J connectivity index is 2.31. The van der Waals surface area contributed by atoms with Crippen LogP contribution in [-0.2, 0) is 13.6 Å². The minimum absolute atomic E-state index is 0.319. The van der Waals surface area contributed by atoms with E-state index in [1.54, 1.807) is 25.3 Å². The normalized spacial score (nSPS) is 12.5. The van der Waals surface area contributed by atoms with Crippen molar-refractivity contribution >= 4 is 5.69 Å². The summed E-state index contributed by atoms with van der Waals surface area (Å²) in [5.41, 5.74) is 0.997. The van der Waals surface area contributed by atoms with Crippen LogP contribution in [0, 0.1) is 5.82 Å². The van der Waals surface area contributed by atoms with Crippen LogP contribution in [0.4, 0.5) is 10.1 Å². The van der Waals surface area contributed by atoms with Crippen LogP contribution in [0.1, 0.15) is 24.4 Å². The van der Waals surface area contributed by atoms with Crippen molar-refractivity contribution in [3.8, 4) is 0 Å². The zero-order valence-electron chi connectivity index (χ0n) is 11.3. The van der Waals surface area contributed by atoms with Crippen LogP contribution in [-0.4, -0.2) is 21.7 Å². The third-order valence-electron chi connectivity index (χ3n) is 3.16. The largest absolute Gasteiger partial charge is 0.389 e. The Morgan fingerprint density at radius 1 is 1.47 bits per heavy atom. The van der Waals surface area contributed by atoms with E-state index >= 15 is 0 Å². The summed E-state index contributed by atoms with van der Waals surface area (Å²) >= 11 is 0. The Hall–Kier alpha value is -1.88. The van der Waals surface area contributed by atoms with E-state index < -0.39 is 6.10 Å². The van der Waals surface area contributed by atoms with Crippen LogP contribution < -0.4 is 4.90 Å². The first kappa shape index (κ1) is 13.5. The number of hydrogen-bond acceptors (Lipinski definition) is 3. The summed E-state index contributed by atoms with van der Waals surface area (Å²) in [4.78, 5) is 6.13. The zero-order valence-corrected chi connectivity index (χ0v) is 11.3. The fraction of sp³-hybridized carbons (Fsp3) is 0.357. The minimum atomic E-state index is -0.847. The van der Waals surface area contributed by atoms with Gasteiger partial charge in [-0.25, -0.2) is 9.37 Å². The Labute approximate surface area is 112 Å². The molecule has 1 aromatic heterocycles. The number of rotatable bonds is 4. The SMILES string of the molecule is CC(O)c1c(F)cccc1N(C)Cc1nccn1C. The molecular weight excluding hydrogens is 245 g/mol. The van der Waals surface area contributed by atoms with Crippen molar-refractivity contribution in [3.63, 3.8) is 0 Å². The zero-order chi connectivity index (χ0) is 14.0. The van der Waals surface area contributed by atoms with Gasteiger partial charge in [-0.2, -0.15) is 0 Å². The topological polar surface area (TPSA) is 41.3 Å². The van der Waals surface area contributed by atoms with E-state index in [1.165, 1.54) is 6.07 Å². The molecule has 0 amide bonds. The van der Waals surface area contributed by atoms with Gasteiger partial charge in [-0.15, -0.1) is 0 Å². The number of aliphatic hydroxyl groups is 1. The molecule has 1 aromatic carbocycles. The first-order valence-corrected chi connectivity index (χ1v) is 6.14. The summed E-state index contributed by atoms with van der Waals surface area (Å²) < 4.78 is 15.7. The second kappa shape index (κ2) is 5.40. The van der Waals surface area contributed by atoms with Gasteiger partial charge in [-0.1, -0.05) is 6.07 Å². The van der Waals surface area contributed by atoms with E-state index in [1.807, 2.05) is 29.8 Å². The molecule has 2 aromatic rings. The van der Waals surface area contributed by atoms with Crippen molar-refractivity contribution < 1.29 is 9.50 Å². The number of imidazole rings is 1. The monoisotopic (exact) mass is 263 g/mol. The fourth-order valence-corrected chi connectivity index (χ4v) is 2.12. The highest BCUT2D eigenvalue weighted by atomic mass is 19.1. The number of benzene rings is 1. The number of nitrogens with zero attached hydrogens (tertiary/aromatic N) is 3. The van der Waals surface area contributed by atoms with E-state index in [2.05, 4.69) is 4.98 Å². The molecule has 1 heterocycles. The molecule has 1 unspecified atom stereocenters. The van der Waals surface area contributed by atoms with Gasteiger partial charge in [0.2, 0.25) is 0 Å². The summed E-state index contributed by atoms with van der Waals surface area (Å²) in [5.74, 6) is 0.488. The number of halogens is 1. The van der Waals surface area contributed by atoms with Crippen LogP contribution in [0.3, 0.4) is 0 Å². The van der Waals surface area contributed by atoms with Gasteiger partial charge in [0.1, 0.15) is 11.6 Å². The van der Waals surface area contributed by atoms with E-state index in [0.717, 1.165) is 5.82 Å². The highest BCUT2D eigenvalue weighted by Crippen LogP contribution is 2.28. The van der Waals surface area contributed by atoms with Gasteiger partial charge in [0.05, 0.1) is 12.6 Å². The molecule has 102 valence electrons. The first-order chi connectivity index (χ1) is 9.00. The molecule has 1 N–H and O–H groups in total. The minimum Gasteiger partial charge on any atom is -0.389 e. The Kier molecular flexibility index (Phi) is 3.85. The molecule has 0 aliphatic carbocycles. The number of hydrogen-bond donors (Lipinski definition) is 1. The van der Waals surface area contributed by atoms with E-state index in [4.69, 9.17) is 0 Å². The van der Waals surface area contributed by atoms with Crippen LogP contribution in [0.2, 0.25) is 0 Å². The summed E-state index contributed by atoms with van der Waals surface area (Å²) in [7, 11) is 3.77. The molecule has 0 fully saturated rings. The molecule has 0 aliphatic heterocycles. The maximum atomic E-state index is 13.8. The van der Waals surface area contributed by atoms with Gasteiger partial charge in [-0.05, 0) is 19.1 Å². The lowest BCUT2D eigenvalue weighted by molar-refractivity contribution is 0.194. The third kappa shape index (κ3) is 2.76. The van der Waals surface area contributed by atoms with Gasteiger partial charge < -0.3 is 14.6 Å². The van der Waals surface area contributed by atoms with Crippen LogP contribution >= 0.6 is 0 Å². The van der Waals surface area contributed by atoms with Crippen molar-refractivity contribution in [1.82, 2.24) is 9.55 Å². The molecular formula is C14H18FN3O. The molecule has 2 rings (SSSR count). The van der Waals surface area contributed by atoms with Gasteiger partial charge in [0, 0.05) is 37.7 Å². The maximum absolute atomic E-state index is 13.8. The molecule has 4 nitrogen and oxygen atoms in total. The Morgan fingerprint density at radius 2 is 2.21 bits per heavy atom. The van der Waals surface area contributed by atoms with E-state index in [9.17, 15) is 9.50 Å². The van der Waals surface area contributed by atoms with Crippen molar-refractivity contribution in [2.45, 2.75) is 19.6 Å². The Bertz CT molecular complexity index is 566. The van der Waals surface area contributed by atoms with Gasteiger partial charge in [-0.3, -0.25) is 0 Å². The molecule has 0 radical (unpaired) electrons. The fourth-order valence-electron chi connectivity index (χ4n) is 2.12. The average Bonchev–Trinajstić information content (AvgIpc) is 2.74. The lowest BCUT2D eigenvalue weighted by Gasteiger charge is -2.23. The summed E-state index contributed by atoms with van der Waals surface area (Å²) in [6.07, 6.45) is 2.74. The lowest BCUT2D eigenvalue weighted by atomic mass is 10.1. The third-order valence-corrected chi connectivity index (χ3v) is 3.16. The van der Waals surface area contributed by atoms with E-state index in [0.29, 0.717) is 17.8 Å². The van der Waals surface area contributed by atoms with Gasteiger partial charge in [0.15, 0.2) is 0 Å². The summed E-state index contributed by atoms with van der Waals surface area (Å²) in [6, 6.07) is 4.81. The summed E-state index contributed by atoms with van der Waals surface area (Å²) in [6.45, 7) is 2.11. The molecule has 19 heavy (non-hydrogen) atoms. The second-order valence-electron chi connectivity index (χ2n) is 4.66. The highest BCUT2D eigenvalue weighted by molar-refractivity contribution is 5.54. The predicted octanol–water partition coefficient (Wildman–Crippen LogP) is 2.25. The average molecular weight is 263 g/mol. The number of aryl methyl sites for hydroxylation is 1. The first-order valence-electron chi connectivity index (χ1n) is 6.14. The van der Waals surface area contributed by atoms with Crippen molar-refractivity contribution in [3.05, 3.63) is 47.8 Å². The smallest absolute Gasteiger partial charge is 0.131 e. The number of anilines is 1. The predicted molar refractivity (Wildman–Crippen MR) is 72.3 cm³/mol. The molecule has 0 saturated carbocycles. The van der Waals surface area contributed by atoms with Crippen molar-refractivity contribution in [2.24, 2.45) is 7.05 Å². The molecule has 5 heteroatoms. The van der Waals surface area contributed by atoms with Crippen molar-refractivity contribution in [1.29, 1.82) is 0 Å². The summed E-state index contributed by atoms with van der Waals surface area (Å²) in [5, 5.41) is 9.73.